The summed E-state index contributed by atoms with van der Waals surface area (Å²) >= 11 is 1.43. The number of carbonyl (C=O) groups is 1. The monoisotopic (exact) mass is 294 g/mol. The van der Waals surface area contributed by atoms with Crippen LogP contribution in [0.5, 0.6) is 0 Å². The van der Waals surface area contributed by atoms with Crippen molar-refractivity contribution in [1.82, 2.24) is 14.8 Å². The molecule has 0 aliphatic rings. The van der Waals surface area contributed by atoms with Crippen LogP contribution in [-0.2, 0) is 23.7 Å². The van der Waals surface area contributed by atoms with Gasteiger partial charge in [0.25, 0.3) is 0 Å². The van der Waals surface area contributed by atoms with Gasteiger partial charge in [-0.05, 0) is 19.9 Å². The number of aliphatic carboxylic acids is 1. The number of hydrogen-bond acceptors (Lipinski definition) is 5. The fraction of sp³-hybridized carbons (Fsp3) is 0.462. The molecule has 0 saturated carbocycles. The molecule has 7 heteroatoms. The van der Waals surface area contributed by atoms with Crippen LogP contribution in [0, 0.1) is 0 Å². The van der Waals surface area contributed by atoms with Gasteiger partial charge in [0, 0.05) is 37.3 Å². The highest BCUT2D eigenvalue weighted by molar-refractivity contribution is 7.13. The number of nitrogens with zero attached hydrogens (tertiary/aromatic N) is 3. The smallest absolute Gasteiger partial charge is 0.315 e. The predicted molar refractivity (Wildman–Crippen MR) is 78.2 cm³/mol. The van der Waals surface area contributed by atoms with E-state index in [4.69, 9.17) is 0 Å². The Morgan fingerprint density at radius 2 is 2.30 bits per heavy atom. The molecule has 2 aromatic heterocycles. The first-order valence-corrected chi connectivity index (χ1v) is 7.19. The maximum Gasteiger partial charge on any atom is 0.315 e. The number of carboxylic acid groups (broad SMARTS) is 1. The van der Waals surface area contributed by atoms with Crippen molar-refractivity contribution in [3.8, 4) is 0 Å². The maximum atomic E-state index is 11.2. The van der Waals surface area contributed by atoms with Crippen LogP contribution in [0.25, 0.3) is 0 Å². The van der Waals surface area contributed by atoms with Crippen LogP contribution in [0.3, 0.4) is 0 Å². The van der Waals surface area contributed by atoms with Crippen molar-refractivity contribution in [1.29, 1.82) is 0 Å². The average Bonchev–Trinajstić information content (AvgIpc) is 2.99. The summed E-state index contributed by atoms with van der Waals surface area (Å²) in [6.07, 6.45) is 2.61. The van der Waals surface area contributed by atoms with Gasteiger partial charge < -0.3 is 10.4 Å². The van der Waals surface area contributed by atoms with Crippen molar-refractivity contribution < 1.29 is 9.90 Å². The van der Waals surface area contributed by atoms with E-state index in [9.17, 15) is 9.90 Å². The largest absolute Gasteiger partial charge is 0.481 e. The molecule has 0 aromatic carbocycles. The molecule has 0 bridgehead atoms. The van der Waals surface area contributed by atoms with Crippen LogP contribution >= 0.6 is 11.3 Å². The first-order chi connectivity index (χ1) is 9.41. The molecule has 0 spiro atoms. The van der Waals surface area contributed by atoms with Crippen LogP contribution in [0.1, 0.15) is 25.2 Å². The van der Waals surface area contributed by atoms with E-state index in [1.54, 1.807) is 25.4 Å². The van der Waals surface area contributed by atoms with Crippen molar-refractivity contribution in [2.45, 2.75) is 25.7 Å². The standard InChI is InChI=1S/C13H18N4O2S/c1-13(2,11(18)19)10-8-20-12(16-10)14-6-4-9-5-7-15-17(9)3/h5,7-8H,4,6H2,1-3H3,(H,14,16)(H,18,19). The molecule has 0 saturated heterocycles. The molecule has 2 heterocycles. The van der Waals surface area contributed by atoms with Gasteiger partial charge in [-0.2, -0.15) is 5.10 Å². The average molecular weight is 294 g/mol. The highest BCUT2D eigenvalue weighted by Crippen LogP contribution is 2.27. The van der Waals surface area contributed by atoms with E-state index in [0.29, 0.717) is 5.69 Å². The van der Waals surface area contributed by atoms with Crippen molar-refractivity contribution in [2.75, 3.05) is 11.9 Å². The number of anilines is 1. The predicted octanol–water partition coefficient (Wildman–Crippen LogP) is 1.89. The lowest BCUT2D eigenvalue weighted by Crippen LogP contribution is -2.28. The number of carboxylic acids is 1. The van der Waals surface area contributed by atoms with Crippen LogP contribution in [0.4, 0.5) is 5.13 Å². The van der Waals surface area contributed by atoms with E-state index >= 15 is 0 Å². The minimum absolute atomic E-state index is 0.582. The zero-order chi connectivity index (χ0) is 14.8. The van der Waals surface area contributed by atoms with Crippen LogP contribution in [0.15, 0.2) is 17.6 Å². The van der Waals surface area contributed by atoms with Gasteiger partial charge in [-0.15, -0.1) is 11.3 Å². The second kappa shape index (κ2) is 5.62. The third-order valence-electron chi connectivity index (χ3n) is 3.26. The molecule has 0 fully saturated rings. The van der Waals surface area contributed by atoms with Gasteiger partial charge >= 0.3 is 5.97 Å². The van der Waals surface area contributed by atoms with E-state index in [1.165, 1.54) is 11.3 Å². The summed E-state index contributed by atoms with van der Waals surface area (Å²) in [4.78, 5) is 15.5. The molecule has 2 N–H and O–H groups in total. The minimum atomic E-state index is -0.960. The van der Waals surface area contributed by atoms with Crippen molar-refractivity contribution >= 4 is 22.4 Å². The third kappa shape index (κ3) is 2.98. The molecule has 20 heavy (non-hydrogen) atoms. The molecule has 0 aliphatic carbocycles. The molecule has 0 atom stereocenters. The van der Waals surface area contributed by atoms with Gasteiger partial charge in [0.2, 0.25) is 0 Å². The number of hydrogen-bond donors (Lipinski definition) is 2. The van der Waals surface area contributed by atoms with Crippen molar-refractivity contribution in [3.05, 3.63) is 29.0 Å². The van der Waals surface area contributed by atoms with Crippen LogP contribution in [0.2, 0.25) is 0 Å². The van der Waals surface area contributed by atoms with Gasteiger partial charge in [-0.1, -0.05) is 0 Å². The molecule has 0 radical (unpaired) electrons. The molecule has 2 aromatic rings. The van der Waals surface area contributed by atoms with Gasteiger partial charge in [0.05, 0.1) is 5.69 Å². The lowest BCUT2D eigenvalue weighted by Gasteiger charge is -2.15. The Bertz CT molecular complexity index is 603. The van der Waals surface area contributed by atoms with Gasteiger partial charge in [0.1, 0.15) is 5.41 Å². The quantitative estimate of drug-likeness (QED) is 0.850. The maximum absolute atomic E-state index is 11.2. The molecular formula is C13H18N4O2S. The molecule has 6 nitrogen and oxygen atoms in total. The summed E-state index contributed by atoms with van der Waals surface area (Å²) in [5, 5.41) is 19.0. The zero-order valence-corrected chi connectivity index (χ0v) is 12.6. The first kappa shape index (κ1) is 14.5. The van der Waals surface area contributed by atoms with Crippen molar-refractivity contribution in [3.63, 3.8) is 0 Å². The fourth-order valence-corrected chi connectivity index (χ4v) is 2.60. The van der Waals surface area contributed by atoms with E-state index < -0.39 is 11.4 Å². The molecule has 2 rings (SSSR count). The summed E-state index contributed by atoms with van der Waals surface area (Å²) in [7, 11) is 1.91. The normalized spacial score (nSPS) is 11.6. The summed E-state index contributed by atoms with van der Waals surface area (Å²) in [6.45, 7) is 4.05. The van der Waals surface area contributed by atoms with E-state index in [1.807, 2.05) is 17.8 Å². The Hall–Kier alpha value is -1.89. The summed E-state index contributed by atoms with van der Waals surface area (Å²) < 4.78 is 1.84. The highest BCUT2D eigenvalue weighted by atomic mass is 32.1. The summed E-state index contributed by atoms with van der Waals surface area (Å²) in [5.41, 5.74) is 0.761. The minimum Gasteiger partial charge on any atom is -0.481 e. The Labute approximate surface area is 121 Å². The van der Waals surface area contributed by atoms with E-state index in [0.717, 1.165) is 23.8 Å². The summed E-state index contributed by atoms with van der Waals surface area (Å²) in [5.74, 6) is -0.871. The molecule has 108 valence electrons. The number of aromatic nitrogens is 3. The lowest BCUT2D eigenvalue weighted by atomic mass is 9.90. The SMILES string of the molecule is Cn1nccc1CCNc1nc(C(C)(C)C(=O)O)cs1. The number of rotatable bonds is 6. The Morgan fingerprint density at radius 3 is 2.90 bits per heavy atom. The summed E-state index contributed by atoms with van der Waals surface area (Å²) in [6, 6.07) is 1.97. The van der Waals surface area contributed by atoms with Crippen LogP contribution in [-0.4, -0.2) is 32.4 Å². The van der Waals surface area contributed by atoms with E-state index in [2.05, 4.69) is 15.4 Å². The third-order valence-corrected chi connectivity index (χ3v) is 4.06. The number of aryl methyl sites for hydroxylation is 1. The lowest BCUT2D eigenvalue weighted by molar-refractivity contribution is -0.142. The molecule has 0 unspecified atom stereocenters. The first-order valence-electron chi connectivity index (χ1n) is 6.31. The van der Waals surface area contributed by atoms with Gasteiger partial charge in [-0.25, -0.2) is 4.98 Å². The Kier molecular flexibility index (Phi) is 4.08. The second-order valence-electron chi connectivity index (χ2n) is 5.09. The fourth-order valence-electron chi connectivity index (χ4n) is 1.70. The highest BCUT2D eigenvalue weighted by Gasteiger charge is 2.32. The molecule has 0 aliphatic heterocycles. The molecule has 0 amide bonds. The van der Waals surface area contributed by atoms with Gasteiger partial charge in [-0.3, -0.25) is 9.48 Å². The topological polar surface area (TPSA) is 80.0 Å². The van der Waals surface area contributed by atoms with Crippen molar-refractivity contribution in [2.24, 2.45) is 7.05 Å². The van der Waals surface area contributed by atoms with Gasteiger partial charge in [0.15, 0.2) is 5.13 Å². The number of nitrogens with one attached hydrogen (secondary N) is 1. The zero-order valence-electron chi connectivity index (χ0n) is 11.8. The number of thiazole rings is 1. The van der Waals surface area contributed by atoms with E-state index in [-0.39, 0.29) is 0 Å². The Morgan fingerprint density at radius 1 is 1.55 bits per heavy atom. The van der Waals surface area contributed by atoms with Crippen LogP contribution < -0.4 is 5.32 Å². The second-order valence-corrected chi connectivity index (χ2v) is 5.95. The molecular weight excluding hydrogens is 276 g/mol. The Balaban J connectivity index is 1.94.